The van der Waals surface area contributed by atoms with E-state index in [-0.39, 0.29) is 70.9 Å². The van der Waals surface area contributed by atoms with Crippen molar-refractivity contribution in [2.75, 3.05) is 54.5 Å². The average molecular weight is 1460 g/mol. The van der Waals surface area contributed by atoms with Gasteiger partial charge in [0.2, 0.25) is 17.2 Å². The number of thioether (sulfide) groups is 1. The molecule has 8 rings (SSSR count). The maximum Gasteiger partial charge on any atom is 0.411 e. The van der Waals surface area contributed by atoms with Gasteiger partial charge < -0.3 is 93.0 Å². The lowest BCUT2D eigenvalue weighted by Crippen LogP contribution is -2.65. The third-order valence-electron chi connectivity index (χ3n) is 16.4. The Bertz CT molecular complexity index is 3110. The SMILES string of the molecule is CCN[C@H]1CO[C@@H](O[C@H]2[C@H](O[C@H]3C#C/C=C\C#C[C@]4(O)CC(=O)C(NC(=O)OC)=C3/C4=C\CSSC(C)(C)C3NC(=O)NC3=O)O[C@H](C)[C@@H](NO[C@H]3C[C@H](O)[C@H](SC(=O)c4c(C)c(I)c(O[C@@H]5O[C@@H](C)[C@H](O)[C@@H](OC)[C@H]5O)c(OC)c4OC)[C@@H](C)O3)[C@H]2O)C[C@@H]1OC. The number of carbonyl (C=O) groups is 5. The number of aliphatic hydroxyl groups is 5. The normalized spacial score (nSPS) is 35.6. The van der Waals surface area contributed by atoms with Crippen LogP contribution in [-0.4, -0.2) is 235 Å². The van der Waals surface area contributed by atoms with Gasteiger partial charge in [0.15, 0.2) is 41.8 Å². The second-order valence-corrected chi connectivity index (χ2v) is 28.1. The molecule has 1 aromatic rings. The van der Waals surface area contributed by atoms with Gasteiger partial charge >= 0.3 is 12.1 Å². The number of aliphatic hydroxyl groups excluding tert-OH is 4. The first kappa shape index (κ1) is 73.5. The fraction of sp³-hybridized carbons (Fsp3) is 0.650. The molecule has 0 saturated carbocycles. The first-order valence-electron chi connectivity index (χ1n) is 29.5. The fourth-order valence-corrected chi connectivity index (χ4v) is 15.8. The Labute approximate surface area is 558 Å². The molecule has 0 aromatic heterocycles. The number of ketones is 1. The number of hydrogen-bond acceptors (Lipinski definition) is 28. The molecular formula is C60H80IN5O23S3. The molecule has 5 saturated heterocycles. The number of Topliss-reactive ketones (excluding diaryl/α,β-unsaturated/α-hetero) is 1. The Balaban J connectivity index is 1.03. The highest BCUT2D eigenvalue weighted by Crippen LogP contribution is 2.49. The monoisotopic (exact) mass is 1460 g/mol. The number of allylic oxidation sites excluding steroid dienone is 3. The predicted molar refractivity (Wildman–Crippen MR) is 341 cm³/mol. The van der Waals surface area contributed by atoms with Crippen LogP contribution in [-0.2, 0) is 57.1 Å². The van der Waals surface area contributed by atoms with Crippen LogP contribution in [0.1, 0.15) is 76.7 Å². The van der Waals surface area contributed by atoms with Crippen LogP contribution in [0.25, 0.3) is 0 Å². The fourth-order valence-electron chi connectivity index (χ4n) is 11.6. The summed E-state index contributed by atoms with van der Waals surface area (Å²) in [6, 6.07) is -2.85. The molecular weight excluding hydrogens is 1380 g/mol. The van der Waals surface area contributed by atoms with E-state index in [9.17, 15) is 49.5 Å². The molecule has 0 spiro atoms. The third kappa shape index (κ3) is 16.4. The van der Waals surface area contributed by atoms with Gasteiger partial charge in [-0.25, -0.2) is 9.59 Å². The molecule has 508 valence electrons. The highest BCUT2D eigenvalue weighted by atomic mass is 127. The molecule has 1 aromatic carbocycles. The van der Waals surface area contributed by atoms with Crippen LogP contribution in [0, 0.1) is 34.2 Å². The minimum atomic E-state index is -2.20. The molecule has 5 heterocycles. The van der Waals surface area contributed by atoms with Crippen LogP contribution in [0.15, 0.2) is 35.1 Å². The largest absolute Gasteiger partial charge is 0.492 e. The molecule has 2 bridgehead atoms. The molecule has 4 amide bonds. The molecule has 2 aliphatic carbocycles. The molecule has 92 heavy (non-hydrogen) atoms. The van der Waals surface area contributed by atoms with Crippen molar-refractivity contribution in [3.8, 4) is 40.9 Å². The number of rotatable bonds is 23. The summed E-state index contributed by atoms with van der Waals surface area (Å²) in [6.07, 6.45) is -14.9. The smallest absolute Gasteiger partial charge is 0.411 e. The first-order valence-corrected chi connectivity index (χ1v) is 33.8. The Morgan fingerprint density at radius 2 is 1.60 bits per heavy atom. The number of hydrogen-bond donors (Lipinski definition) is 10. The van der Waals surface area contributed by atoms with Gasteiger partial charge in [0.1, 0.15) is 42.7 Å². The van der Waals surface area contributed by atoms with E-state index < -0.39 is 155 Å². The van der Waals surface area contributed by atoms with E-state index in [1.807, 2.05) is 29.5 Å². The van der Waals surface area contributed by atoms with Crippen molar-refractivity contribution in [2.24, 2.45) is 0 Å². The standard InChI is InChI=1S/C60H80IN5O23S3/c1-13-62-31-25-82-36(23-35(31)77-8)87-49-44(70)41(66-89-37-22-32(67)51(29(5)83-37)91-54(73)38-26(2)40(61)47(50(80-11)46(38)78-9)88-55-45(71)48(79-10)43(69)28(4)85-55)27(3)84-56(49)86-34-18-16-14-15-17-20-60(76)24-33(68)42(63-58(75)81-12)39(34)30(60)19-21-90-92-59(6,7)52-53(72)65-57(74)64-52/h14-15,19,27-29,31-32,34-37,41,43-45,48-49,51-52,55-56,62,66-67,69-71,76H,13,21-25H2,1-12H3,(H,63,75)(H2,64,65,72,74)/b15-14-,30-19+/t27-,28+,29-,31+,32+,34+,35+,36+,37+,41-,43+,44-,45-,48-,49-,51-,52?,55+,56+,60+/m1/s1. The Hall–Kier alpha value is -4.35. The molecule has 5 aliphatic heterocycles. The number of likely N-dealkylation sites (N-methyl/N-ethyl adjacent to an activating group) is 1. The second kappa shape index (κ2) is 32.1. The summed E-state index contributed by atoms with van der Waals surface area (Å²) in [5.74, 6) is 10.4. The maximum atomic E-state index is 14.5. The highest BCUT2D eigenvalue weighted by Gasteiger charge is 2.53. The molecule has 0 radical (unpaired) electrons. The molecule has 7 aliphatic rings. The Kier molecular flexibility index (Phi) is 25.7. The zero-order valence-corrected chi connectivity index (χ0v) is 57.2. The molecule has 32 heteroatoms. The number of imide groups is 1. The van der Waals surface area contributed by atoms with Gasteiger partial charge in [-0.2, -0.15) is 5.48 Å². The summed E-state index contributed by atoms with van der Waals surface area (Å²) in [4.78, 5) is 72.7. The van der Waals surface area contributed by atoms with Gasteiger partial charge in [-0.1, -0.05) is 70.0 Å². The molecule has 1 unspecified atom stereocenters. The van der Waals surface area contributed by atoms with E-state index in [2.05, 4.69) is 50.4 Å². The summed E-state index contributed by atoms with van der Waals surface area (Å²) in [7, 11) is 9.24. The number of fused-ring (bicyclic) bond motifs is 2. The number of nitrogens with one attached hydrogen (secondary N) is 5. The third-order valence-corrected chi connectivity index (χ3v) is 22.2. The van der Waals surface area contributed by atoms with Gasteiger partial charge in [0.25, 0.3) is 5.91 Å². The quantitative estimate of drug-likeness (QED) is 0.0187. The summed E-state index contributed by atoms with van der Waals surface area (Å²) in [6.45, 7) is 12.8. The van der Waals surface area contributed by atoms with Crippen LogP contribution < -0.4 is 41.0 Å². The summed E-state index contributed by atoms with van der Waals surface area (Å²) >= 11 is 2.80. The number of halogens is 1. The molecule has 5 fully saturated rings. The second-order valence-electron chi connectivity index (χ2n) is 22.9. The molecule has 10 N–H and O–H groups in total. The van der Waals surface area contributed by atoms with Crippen molar-refractivity contribution in [1.82, 2.24) is 26.7 Å². The van der Waals surface area contributed by atoms with Gasteiger partial charge in [-0.15, -0.1) is 0 Å². The van der Waals surface area contributed by atoms with Crippen molar-refractivity contribution in [3.63, 3.8) is 0 Å². The average Bonchev–Trinajstić information content (AvgIpc) is 0.893. The number of ether oxygens (including phenoxy) is 12. The van der Waals surface area contributed by atoms with Crippen LogP contribution in [0.4, 0.5) is 9.59 Å². The summed E-state index contributed by atoms with van der Waals surface area (Å²) in [5, 5.41) is 67.9. The number of urea groups is 1. The lowest BCUT2D eigenvalue weighted by Gasteiger charge is -2.46. The predicted octanol–water partition coefficient (Wildman–Crippen LogP) is 1.91. The Morgan fingerprint density at radius 3 is 2.25 bits per heavy atom. The van der Waals surface area contributed by atoms with Crippen molar-refractivity contribution >= 4 is 84.9 Å². The van der Waals surface area contributed by atoms with Crippen LogP contribution in [0.5, 0.6) is 17.2 Å². The number of benzene rings is 1. The topological polar surface area (TPSA) is 367 Å². The number of alkyl carbamates (subject to hydrolysis) is 1. The molecule has 20 atom stereocenters. The van der Waals surface area contributed by atoms with Gasteiger partial charge in [0, 0.05) is 44.0 Å². The minimum Gasteiger partial charge on any atom is -0.492 e. The van der Waals surface area contributed by atoms with E-state index in [0.29, 0.717) is 15.7 Å². The first-order chi connectivity index (χ1) is 43.7. The van der Waals surface area contributed by atoms with Crippen LogP contribution in [0.2, 0.25) is 0 Å². The summed E-state index contributed by atoms with van der Waals surface area (Å²) in [5.41, 5.74) is 0.788. The maximum absolute atomic E-state index is 14.5. The number of carbonyl (C=O) groups excluding carboxylic acids is 5. The van der Waals surface area contributed by atoms with Gasteiger partial charge in [0.05, 0.1) is 102 Å². The van der Waals surface area contributed by atoms with Crippen LogP contribution in [0.3, 0.4) is 0 Å². The van der Waals surface area contributed by atoms with Crippen molar-refractivity contribution < 1.29 is 111 Å². The highest BCUT2D eigenvalue weighted by molar-refractivity contribution is 14.1. The van der Waals surface area contributed by atoms with Crippen LogP contribution >= 0.6 is 55.9 Å². The number of methoxy groups -OCH3 is 5. The van der Waals surface area contributed by atoms with Crippen molar-refractivity contribution in [3.05, 3.63) is 49.8 Å². The number of amides is 4. The molecule has 28 nitrogen and oxygen atoms in total. The minimum absolute atomic E-state index is 0.00995. The van der Waals surface area contributed by atoms with E-state index >= 15 is 0 Å². The van der Waals surface area contributed by atoms with Crippen molar-refractivity contribution in [2.45, 2.75) is 194 Å². The van der Waals surface area contributed by atoms with E-state index in [0.717, 1.165) is 18.9 Å². The number of hydroxylamine groups is 1. The zero-order chi connectivity index (χ0) is 67.1. The van der Waals surface area contributed by atoms with E-state index in [1.165, 1.54) is 55.1 Å². The van der Waals surface area contributed by atoms with Gasteiger partial charge in [-0.3, -0.25) is 29.9 Å². The Morgan fingerprint density at radius 1 is 0.880 bits per heavy atom. The van der Waals surface area contributed by atoms with E-state index in [4.69, 9.17) is 61.7 Å². The zero-order valence-electron chi connectivity index (χ0n) is 52.6. The van der Waals surface area contributed by atoms with Crippen molar-refractivity contribution in [1.29, 1.82) is 0 Å². The lowest BCUT2D eigenvalue weighted by atomic mass is 9.75. The summed E-state index contributed by atoms with van der Waals surface area (Å²) < 4.78 is 71.9. The van der Waals surface area contributed by atoms with Gasteiger partial charge in [-0.05, 0) is 88.4 Å². The van der Waals surface area contributed by atoms with E-state index in [1.54, 1.807) is 54.7 Å². The lowest BCUT2D eigenvalue weighted by molar-refractivity contribution is -0.336.